The molecule has 1 fully saturated rings. The first-order valence-corrected chi connectivity index (χ1v) is 9.92. The number of nitrogens with zero attached hydrogens (tertiary/aromatic N) is 2. The highest BCUT2D eigenvalue weighted by Gasteiger charge is 2.36. The topological polar surface area (TPSA) is 88.6 Å². The number of pyridine rings is 1. The van der Waals surface area contributed by atoms with Crippen molar-refractivity contribution in [1.29, 1.82) is 0 Å². The number of benzene rings is 1. The number of hydrogen-bond acceptors (Lipinski definition) is 5. The Hall–Kier alpha value is -2.93. The molecule has 1 N–H and O–H groups in total. The summed E-state index contributed by atoms with van der Waals surface area (Å²) < 4.78 is 5.86. The smallest absolute Gasteiger partial charge is 0.262 e. The fraction of sp³-hybridized carbons (Fsp3) is 0.333. The van der Waals surface area contributed by atoms with Gasteiger partial charge >= 0.3 is 0 Å². The molecule has 0 bridgehead atoms. The SMILES string of the molecule is O=C(CN1C(=O)c2ccccc2C1=O)NC1CCC(Oc2ccc(Cl)cn2)CC1. The Morgan fingerprint density at radius 1 is 1.07 bits per heavy atom. The molecule has 2 aliphatic rings. The van der Waals surface area contributed by atoms with E-state index in [1.54, 1.807) is 42.6 Å². The molecule has 1 aliphatic heterocycles. The van der Waals surface area contributed by atoms with Gasteiger partial charge in [-0.3, -0.25) is 19.3 Å². The van der Waals surface area contributed by atoms with Crippen LogP contribution in [0, 0.1) is 0 Å². The third-order valence-electron chi connectivity index (χ3n) is 5.21. The number of halogens is 1. The Bertz CT molecular complexity index is 904. The molecule has 0 spiro atoms. The minimum atomic E-state index is -0.423. The fourth-order valence-corrected chi connectivity index (χ4v) is 3.84. The van der Waals surface area contributed by atoms with Gasteiger partial charge in [0.25, 0.3) is 11.8 Å². The zero-order valence-corrected chi connectivity index (χ0v) is 16.4. The standard InChI is InChI=1S/C21H20ClN3O4/c22-13-5-10-19(23-11-13)29-15-8-6-14(7-9-15)24-18(26)12-25-20(27)16-3-1-2-4-17(16)21(25)28/h1-5,10-11,14-15H,6-9,12H2,(H,24,26). The molecule has 8 heteroatoms. The van der Waals surface area contributed by atoms with Gasteiger partial charge in [-0.05, 0) is 43.9 Å². The minimum Gasteiger partial charge on any atom is -0.474 e. The maximum Gasteiger partial charge on any atom is 0.262 e. The van der Waals surface area contributed by atoms with Crippen molar-refractivity contribution in [2.45, 2.75) is 37.8 Å². The number of nitrogens with one attached hydrogen (secondary N) is 1. The lowest BCUT2D eigenvalue weighted by atomic mass is 9.93. The van der Waals surface area contributed by atoms with Gasteiger partial charge in [0.1, 0.15) is 12.6 Å². The first-order chi connectivity index (χ1) is 14.0. The highest BCUT2D eigenvalue weighted by molar-refractivity contribution is 6.30. The molecule has 0 saturated heterocycles. The third-order valence-corrected chi connectivity index (χ3v) is 5.43. The summed E-state index contributed by atoms with van der Waals surface area (Å²) in [4.78, 5) is 42.3. The van der Waals surface area contributed by atoms with Gasteiger partial charge in [0.05, 0.1) is 16.1 Å². The van der Waals surface area contributed by atoms with E-state index in [0.29, 0.717) is 22.0 Å². The van der Waals surface area contributed by atoms with Crippen molar-refractivity contribution in [2.24, 2.45) is 0 Å². The van der Waals surface area contributed by atoms with Crippen LogP contribution in [-0.2, 0) is 4.79 Å². The summed E-state index contributed by atoms with van der Waals surface area (Å²) in [6.45, 7) is -0.266. The van der Waals surface area contributed by atoms with E-state index in [1.165, 1.54) is 0 Å². The Kier molecular flexibility index (Phi) is 5.49. The van der Waals surface area contributed by atoms with Crippen molar-refractivity contribution < 1.29 is 19.1 Å². The Morgan fingerprint density at radius 3 is 2.31 bits per heavy atom. The average molecular weight is 414 g/mol. The van der Waals surface area contributed by atoms with Crippen LogP contribution in [0.3, 0.4) is 0 Å². The minimum absolute atomic E-state index is 0.00397. The van der Waals surface area contributed by atoms with E-state index >= 15 is 0 Å². The quantitative estimate of drug-likeness (QED) is 0.761. The summed E-state index contributed by atoms with van der Waals surface area (Å²) in [5, 5.41) is 3.49. The maximum atomic E-state index is 12.4. The van der Waals surface area contributed by atoms with Crippen LogP contribution in [0.15, 0.2) is 42.6 Å². The highest BCUT2D eigenvalue weighted by Crippen LogP contribution is 2.24. The number of ether oxygens (including phenoxy) is 1. The molecule has 1 saturated carbocycles. The summed E-state index contributed by atoms with van der Waals surface area (Å²) in [5.41, 5.74) is 0.692. The van der Waals surface area contributed by atoms with Gasteiger partial charge in [-0.2, -0.15) is 0 Å². The second kappa shape index (κ2) is 8.21. The predicted molar refractivity (Wildman–Crippen MR) is 106 cm³/mol. The van der Waals surface area contributed by atoms with Crippen molar-refractivity contribution in [3.8, 4) is 5.88 Å². The molecule has 7 nitrogen and oxygen atoms in total. The van der Waals surface area contributed by atoms with Crippen molar-refractivity contribution in [3.05, 3.63) is 58.7 Å². The Labute approximate surface area is 173 Å². The van der Waals surface area contributed by atoms with Gasteiger partial charge in [-0.25, -0.2) is 4.98 Å². The summed E-state index contributed by atoms with van der Waals surface area (Å²) in [5.74, 6) is -0.641. The molecule has 0 radical (unpaired) electrons. The molecule has 3 amide bonds. The summed E-state index contributed by atoms with van der Waals surface area (Å²) in [6, 6.07) is 10.1. The van der Waals surface area contributed by atoms with Gasteiger partial charge in [-0.15, -0.1) is 0 Å². The average Bonchev–Trinajstić information content (AvgIpc) is 2.96. The van der Waals surface area contributed by atoms with Crippen LogP contribution in [0.4, 0.5) is 0 Å². The highest BCUT2D eigenvalue weighted by atomic mass is 35.5. The number of carbonyl (C=O) groups is 3. The number of fused-ring (bicyclic) bond motifs is 1. The number of amides is 3. The summed E-state index contributed by atoms with van der Waals surface area (Å²) in [6.07, 6.45) is 4.65. The summed E-state index contributed by atoms with van der Waals surface area (Å²) in [7, 11) is 0. The molecule has 4 rings (SSSR count). The second-order valence-corrected chi connectivity index (χ2v) is 7.65. The van der Waals surface area contributed by atoms with Gasteiger partial charge in [0.2, 0.25) is 11.8 Å². The maximum absolute atomic E-state index is 12.4. The van der Waals surface area contributed by atoms with E-state index in [0.717, 1.165) is 30.6 Å². The van der Waals surface area contributed by atoms with Crippen molar-refractivity contribution >= 4 is 29.3 Å². The lowest BCUT2D eigenvalue weighted by Gasteiger charge is -2.29. The van der Waals surface area contributed by atoms with E-state index in [-0.39, 0.29) is 24.6 Å². The third kappa shape index (κ3) is 4.24. The molecule has 2 heterocycles. The molecular weight excluding hydrogens is 394 g/mol. The predicted octanol–water partition coefficient (Wildman–Crippen LogP) is 2.84. The van der Waals surface area contributed by atoms with Crippen LogP contribution < -0.4 is 10.1 Å². The molecular formula is C21H20ClN3O4. The van der Waals surface area contributed by atoms with Gasteiger partial charge in [0, 0.05) is 18.3 Å². The Morgan fingerprint density at radius 2 is 1.72 bits per heavy atom. The van der Waals surface area contributed by atoms with E-state index < -0.39 is 11.8 Å². The molecule has 1 aliphatic carbocycles. The number of carbonyl (C=O) groups excluding carboxylic acids is 3. The van der Waals surface area contributed by atoms with Crippen LogP contribution in [0.25, 0.3) is 0 Å². The molecule has 29 heavy (non-hydrogen) atoms. The first-order valence-electron chi connectivity index (χ1n) is 9.54. The monoisotopic (exact) mass is 413 g/mol. The molecule has 150 valence electrons. The number of hydrogen-bond donors (Lipinski definition) is 1. The van der Waals surface area contributed by atoms with Crippen LogP contribution in [-0.4, -0.2) is 46.3 Å². The number of imide groups is 1. The van der Waals surface area contributed by atoms with E-state index in [4.69, 9.17) is 16.3 Å². The van der Waals surface area contributed by atoms with Crippen LogP contribution in [0.1, 0.15) is 46.4 Å². The van der Waals surface area contributed by atoms with Gasteiger partial charge in [0.15, 0.2) is 0 Å². The van der Waals surface area contributed by atoms with E-state index in [1.807, 2.05) is 0 Å². The zero-order valence-electron chi connectivity index (χ0n) is 15.6. The van der Waals surface area contributed by atoms with Gasteiger partial charge in [-0.1, -0.05) is 23.7 Å². The fourth-order valence-electron chi connectivity index (χ4n) is 3.73. The normalized spacial score (nSPS) is 21.1. The number of aromatic nitrogens is 1. The molecule has 0 atom stereocenters. The Balaban J connectivity index is 1.26. The van der Waals surface area contributed by atoms with E-state index in [9.17, 15) is 14.4 Å². The van der Waals surface area contributed by atoms with E-state index in [2.05, 4.69) is 10.3 Å². The van der Waals surface area contributed by atoms with Crippen LogP contribution >= 0.6 is 11.6 Å². The molecule has 1 aromatic heterocycles. The first kappa shape index (κ1) is 19.4. The zero-order chi connectivity index (χ0) is 20.4. The van der Waals surface area contributed by atoms with Gasteiger partial charge < -0.3 is 10.1 Å². The molecule has 1 aromatic carbocycles. The number of rotatable bonds is 5. The largest absolute Gasteiger partial charge is 0.474 e. The van der Waals surface area contributed by atoms with Crippen molar-refractivity contribution in [1.82, 2.24) is 15.2 Å². The molecule has 2 aromatic rings. The lowest BCUT2D eigenvalue weighted by Crippen LogP contribution is -2.45. The lowest BCUT2D eigenvalue weighted by molar-refractivity contribution is -0.122. The van der Waals surface area contributed by atoms with Crippen LogP contribution in [0.5, 0.6) is 5.88 Å². The molecule has 0 unspecified atom stereocenters. The van der Waals surface area contributed by atoms with Crippen LogP contribution in [0.2, 0.25) is 5.02 Å². The van der Waals surface area contributed by atoms with Crippen molar-refractivity contribution in [3.63, 3.8) is 0 Å². The second-order valence-electron chi connectivity index (χ2n) is 7.22. The summed E-state index contributed by atoms with van der Waals surface area (Å²) >= 11 is 5.82. The van der Waals surface area contributed by atoms with Crippen molar-refractivity contribution in [2.75, 3.05) is 6.54 Å².